The Morgan fingerprint density at radius 2 is 1.47 bits per heavy atom. The minimum Gasteiger partial charge on any atom is -0.496 e. The van der Waals surface area contributed by atoms with Crippen LogP contribution in [0.15, 0.2) is 48.5 Å². The molecule has 2 aromatic carbocycles. The first kappa shape index (κ1) is 25.3. The molecule has 0 saturated heterocycles. The molecule has 0 amide bonds. The zero-order chi connectivity index (χ0) is 22.4. The fourth-order valence-electron chi connectivity index (χ4n) is 3.06. The lowest BCUT2D eigenvalue weighted by Crippen LogP contribution is -2.25. The monoisotopic (exact) mass is 433 g/mol. The maximum atomic E-state index is 13.4. The summed E-state index contributed by atoms with van der Waals surface area (Å²) < 4.78 is 24.3. The lowest BCUT2D eigenvalue weighted by molar-refractivity contribution is -0.144. The second-order valence-corrected chi connectivity index (χ2v) is 6.47. The van der Waals surface area contributed by atoms with Crippen LogP contribution in [0.2, 0.25) is 0 Å². The lowest BCUT2D eigenvalue weighted by atomic mass is 9.89. The van der Waals surface area contributed by atoms with E-state index in [1.54, 1.807) is 42.5 Å². The molecule has 0 spiro atoms. The standard InChI is InChI=1S/C23H28O5.H2OP/c1-4-5-6-10-16-28-23(25)20(17-12-8-7-9-13-17)22(24)21-18(26-2)14-11-15-19(21)27-3;1-2/h7-9,11-15,20H,4-6,10,16H2,1-3H3;2H2/q;+1. The van der Waals surface area contributed by atoms with E-state index >= 15 is 0 Å². The third-order valence-electron chi connectivity index (χ3n) is 4.55. The zero-order valence-corrected chi connectivity index (χ0v) is 18.9. The number of hydrogen-bond acceptors (Lipinski definition) is 6. The number of esters is 1. The molecule has 0 radical (unpaired) electrons. The minimum atomic E-state index is -1.07. The van der Waals surface area contributed by atoms with Gasteiger partial charge in [-0.05, 0) is 24.1 Å². The van der Waals surface area contributed by atoms with Crippen LogP contribution in [0.3, 0.4) is 0 Å². The first-order valence-electron chi connectivity index (χ1n) is 9.84. The van der Waals surface area contributed by atoms with Gasteiger partial charge in [0.15, 0.2) is 5.78 Å². The van der Waals surface area contributed by atoms with Gasteiger partial charge in [0.1, 0.15) is 23.0 Å². The quantitative estimate of drug-likeness (QED) is 0.163. The number of Topliss-reactive ketones (excluding diaryl/α,β-unsaturated/α-hetero) is 1. The maximum absolute atomic E-state index is 13.4. The van der Waals surface area contributed by atoms with E-state index in [0.29, 0.717) is 23.7 Å². The largest absolute Gasteiger partial charge is 0.496 e. The molecule has 2 rings (SSSR count). The number of methoxy groups -OCH3 is 2. The molecule has 0 aliphatic carbocycles. The fraction of sp³-hybridized carbons (Fsp3) is 0.391. The second kappa shape index (κ2) is 14.3. The predicted octanol–water partition coefficient (Wildman–Crippen LogP) is 5.00. The van der Waals surface area contributed by atoms with Crippen molar-refractivity contribution < 1.29 is 28.4 Å². The van der Waals surface area contributed by atoms with Crippen molar-refractivity contribution in [1.82, 2.24) is 0 Å². The summed E-state index contributed by atoms with van der Waals surface area (Å²) in [4.78, 5) is 26.3. The SMILES string of the molecule is CCCCCCOC(=O)C(C(=O)c1c(OC)cccc1OC)c1ccccc1.O=[PH2+]. The van der Waals surface area contributed by atoms with E-state index in [4.69, 9.17) is 18.8 Å². The van der Waals surface area contributed by atoms with Crippen LogP contribution in [0.4, 0.5) is 0 Å². The molecule has 2 aromatic rings. The van der Waals surface area contributed by atoms with E-state index in [2.05, 4.69) is 6.92 Å². The van der Waals surface area contributed by atoms with Crippen molar-refractivity contribution in [1.29, 1.82) is 0 Å². The van der Waals surface area contributed by atoms with Gasteiger partial charge in [0.05, 0.1) is 20.8 Å². The van der Waals surface area contributed by atoms with Gasteiger partial charge in [-0.15, -0.1) is 0 Å². The highest BCUT2D eigenvalue weighted by Crippen LogP contribution is 2.34. The Balaban J connectivity index is 0.00000218. The van der Waals surface area contributed by atoms with Crippen LogP contribution in [-0.2, 0) is 14.1 Å². The van der Waals surface area contributed by atoms with Gasteiger partial charge >= 0.3 is 15.1 Å². The molecule has 0 heterocycles. The third kappa shape index (κ3) is 6.96. The number of hydrogen-bond donors (Lipinski definition) is 0. The maximum Gasteiger partial charge on any atom is 0.321 e. The van der Waals surface area contributed by atoms with Crippen molar-refractivity contribution in [3.05, 3.63) is 59.7 Å². The van der Waals surface area contributed by atoms with Gasteiger partial charge in [0, 0.05) is 0 Å². The van der Waals surface area contributed by atoms with Crippen LogP contribution < -0.4 is 9.47 Å². The molecule has 30 heavy (non-hydrogen) atoms. The Morgan fingerprint density at radius 1 is 0.867 bits per heavy atom. The summed E-state index contributed by atoms with van der Waals surface area (Å²) >= 11 is 0. The van der Waals surface area contributed by atoms with Crippen molar-refractivity contribution in [2.24, 2.45) is 0 Å². The Labute approximate surface area is 180 Å². The minimum absolute atomic E-state index is 0.240. The summed E-state index contributed by atoms with van der Waals surface area (Å²) in [5, 5.41) is 0. The molecule has 2 atom stereocenters. The molecule has 0 aliphatic rings. The molecule has 162 valence electrons. The second-order valence-electron chi connectivity index (χ2n) is 6.47. The molecule has 2 unspecified atom stereocenters. The van der Waals surface area contributed by atoms with Crippen molar-refractivity contribution in [3.8, 4) is 11.5 Å². The Morgan fingerprint density at radius 3 is 2.00 bits per heavy atom. The highest BCUT2D eigenvalue weighted by Gasteiger charge is 2.34. The van der Waals surface area contributed by atoms with E-state index in [1.807, 2.05) is 6.07 Å². The van der Waals surface area contributed by atoms with Gasteiger partial charge in [0.2, 0.25) is 0 Å². The van der Waals surface area contributed by atoms with Gasteiger partial charge < -0.3 is 14.2 Å². The Bertz CT molecular complexity index is 771. The molecule has 0 bridgehead atoms. The van der Waals surface area contributed by atoms with E-state index in [9.17, 15) is 9.59 Å². The van der Waals surface area contributed by atoms with Gasteiger partial charge in [-0.2, -0.15) is 0 Å². The van der Waals surface area contributed by atoms with E-state index in [0.717, 1.165) is 25.7 Å². The number of ether oxygens (including phenoxy) is 3. The van der Waals surface area contributed by atoms with Gasteiger partial charge in [-0.3, -0.25) is 9.59 Å². The first-order chi connectivity index (χ1) is 14.6. The number of rotatable bonds is 11. The normalized spacial score (nSPS) is 10.9. The summed E-state index contributed by atoms with van der Waals surface area (Å²) in [6.45, 7) is 2.43. The van der Waals surface area contributed by atoms with E-state index in [1.165, 1.54) is 23.3 Å². The fourth-order valence-corrected chi connectivity index (χ4v) is 3.06. The summed E-state index contributed by atoms with van der Waals surface area (Å²) in [5.74, 6) is -1.31. The van der Waals surface area contributed by atoms with Crippen LogP contribution in [0.25, 0.3) is 0 Å². The topological polar surface area (TPSA) is 78.9 Å². The summed E-state index contributed by atoms with van der Waals surface area (Å²) in [6.07, 6.45) is 3.98. The smallest absolute Gasteiger partial charge is 0.321 e. The highest BCUT2D eigenvalue weighted by molar-refractivity contribution is 7.00. The average molecular weight is 433 g/mol. The molecular formula is C23H30O6P+. The van der Waals surface area contributed by atoms with Crippen LogP contribution in [-0.4, -0.2) is 32.6 Å². The molecule has 0 aromatic heterocycles. The summed E-state index contributed by atoms with van der Waals surface area (Å²) in [5.41, 5.74) is 0.823. The van der Waals surface area contributed by atoms with Crippen LogP contribution in [0, 0.1) is 0 Å². The van der Waals surface area contributed by atoms with Gasteiger partial charge in [0.25, 0.3) is 0 Å². The van der Waals surface area contributed by atoms with Crippen LogP contribution in [0.5, 0.6) is 11.5 Å². The zero-order valence-electron chi connectivity index (χ0n) is 17.8. The van der Waals surface area contributed by atoms with Gasteiger partial charge in [-0.25, -0.2) is 0 Å². The molecule has 0 aliphatic heterocycles. The number of ketones is 1. The van der Waals surface area contributed by atoms with Crippen LogP contribution >= 0.6 is 9.12 Å². The predicted molar refractivity (Wildman–Crippen MR) is 119 cm³/mol. The van der Waals surface area contributed by atoms with Crippen molar-refractivity contribution in [2.75, 3.05) is 20.8 Å². The molecular weight excluding hydrogens is 403 g/mol. The lowest BCUT2D eigenvalue weighted by Gasteiger charge is -2.19. The first-order valence-corrected chi connectivity index (χ1v) is 10.3. The Hall–Kier alpha value is -2.72. The van der Waals surface area contributed by atoms with Crippen molar-refractivity contribution in [2.45, 2.75) is 38.5 Å². The van der Waals surface area contributed by atoms with E-state index in [-0.39, 0.29) is 5.56 Å². The van der Waals surface area contributed by atoms with Crippen LogP contribution in [0.1, 0.15) is 54.4 Å². The highest BCUT2D eigenvalue weighted by atomic mass is 31.0. The van der Waals surface area contributed by atoms with Crippen molar-refractivity contribution >= 4 is 20.9 Å². The van der Waals surface area contributed by atoms with E-state index < -0.39 is 17.7 Å². The molecule has 7 heteroatoms. The summed E-state index contributed by atoms with van der Waals surface area (Å²) in [7, 11) is 4.13. The summed E-state index contributed by atoms with van der Waals surface area (Å²) in [6, 6.07) is 14.0. The molecule has 0 saturated carbocycles. The third-order valence-corrected chi connectivity index (χ3v) is 4.55. The average Bonchev–Trinajstić information content (AvgIpc) is 2.80. The van der Waals surface area contributed by atoms with Gasteiger partial charge in [-0.1, -0.05) is 67.1 Å². The number of benzene rings is 2. The Kier molecular flexibility index (Phi) is 12.1. The molecule has 6 nitrogen and oxygen atoms in total. The molecule has 0 fully saturated rings. The number of carbonyl (C=O) groups is 2. The number of carbonyl (C=O) groups excluding carboxylic acids is 2. The van der Waals surface area contributed by atoms with Crippen molar-refractivity contribution in [3.63, 3.8) is 0 Å². The molecule has 0 N–H and O–H groups in total. The number of unbranched alkanes of at least 4 members (excludes halogenated alkanes) is 3.